The van der Waals surface area contributed by atoms with E-state index < -0.39 is 35.5 Å². The van der Waals surface area contributed by atoms with Crippen LogP contribution in [0.3, 0.4) is 0 Å². The van der Waals surface area contributed by atoms with Gasteiger partial charge in [0.1, 0.15) is 11.6 Å². The zero-order valence-electron chi connectivity index (χ0n) is 11.5. The third kappa shape index (κ3) is 3.55. The Morgan fingerprint density at radius 1 is 1.43 bits per heavy atom. The average Bonchev–Trinajstić information content (AvgIpc) is 2.90. The molecule has 1 aromatic rings. The first-order chi connectivity index (χ1) is 9.88. The highest BCUT2D eigenvalue weighted by Crippen LogP contribution is 2.20. The van der Waals surface area contributed by atoms with Gasteiger partial charge in [-0.3, -0.25) is 14.5 Å². The lowest BCUT2D eigenvalue weighted by Gasteiger charge is -2.23. The van der Waals surface area contributed by atoms with Gasteiger partial charge in [-0.2, -0.15) is 0 Å². The smallest absolute Gasteiger partial charge is 0.307 e. The van der Waals surface area contributed by atoms with E-state index in [0.717, 1.165) is 12.1 Å². The normalized spacial score (nSPS) is 20.2. The number of amides is 1. The van der Waals surface area contributed by atoms with E-state index in [4.69, 9.17) is 5.11 Å². The summed E-state index contributed by atoms with van der Waals surface area (Å²) in [6, 6.07) is 2.31. The monoisotopic (exact) mass is 298 g/mol. The Hall–Kier alpha value is -2.02. The highest BCUT2D eigenvalue weighted by atomic mass is 19.1. The molecule has 1 fully saturated rings. The van der Waals surface area contributed by atoms with Gasteiger partial charge in [0.05, 0.1) is 17.6 Å². The van der Waals surface area contributed by atoms with Crippen LogP contribution in [0.25, 0.3) is 0 Å². The number of carboxylic acid groups (broad SMARTS) is 1. The molecule has 1 aliphatic rings. The number of anilines is 1. The standard InChI is InChI=1S/C14H16F2N2O3/c1-8(18-5-4-9(7-18)14(20)21)13(19)17-12-3-2-10(15)6-11(12)16/h2-3,6,8-9H,4-5,7H2,1H3,(H,17,19)(H,20,21). The molecule has 2 unspecified atom stereocenters. The summed E-state index contributed by atoms with van der Waals surface area (Å²) in [4.78, 5) is 24.7. The van der Waals surface area contributed by atoms with Crippen molar-refractivity contribution in [1.82, 2.24) is 4.90 Å². The number of likely N-dealkylation sites (tertiary alicyclic amines) is 1. The predicted molar refractivity (Wildman–Crippen MR) is 71.8 cm³/mol. The van der Waals surface area contributed by atoms with Crippen LogP contribution in [0.4, 0.5) is 14.5 Å². The van der Waals surface area contributed by atoms with Gasteiger partial charge in [-0.15, -0.1) is 0 Å². The minimum absolute atomic E-state index is 0.0952. The van der Waals surface area contributed by atoms with Crippen molar-refractivity contribution in [2.45, 2.75) is 19.4 Å². The number of nitrogens with one attached hydrogen (secondary N) is 1. The number of hydrogen-bond acceptors (Lipinski definition) is 3. The molecule has 21 heavy (non-hydrogen) atoms. The molecule has 0 aromatic heterocycles. The van der Waals surface area contributed by atoms with Gasteiger partial charge < -0.3 is 10.4 Å². The maximum absolute atomic E-state index is 13.5. The zero-order valence-corrected chi connectivity index (χ0v) is 11.5. The minimum atomic E-state index is -0.880. The summed E-state index contributed by atoms with van der Waals surface area (Å²) in [7, 11) is 0. The van der Waals surface area contributed by atoms with E-state index in [1.165, 1.54) is 0 Å². The Morgan fingerprint density at radius 2 is 2.14 bits per heavy atom. The summed E-state index contributed by atoms with van der Waals surface area (Å²) in [5.74, 6) is -3.38. The topological polar surface area (TPSA) is 69.6 Å². The van der Waals surface area contributed by atoms with E-state index >= 15 is 0 Å². The van der Waals surface area contributed by atoms with Crippen LogP contribution in [0, 0.1) is 17.6 Å². The van der Waals surface area contributed by atoms with Crippen molar-refractivity contribution in [3.8, 4) is 0 Å². The molecule has 0 saturated carbocycles. The number of benzene rings is 1. The number of carbonyl (C=O) groups excluding carboxylic acids is 1. The molecular weight excluding hydrogens is 282 g/mol. The van der Waals surface area contributed by atoms with E-state index in [9.17, 15) is 18.4 Å². The molecule has 1 heterocycles. The van der Waals surface area contributed by atoms with Crippen LogP contribution in [-0.2, 0) is 9.59 Å². The molecule has 0 bridgehead atoms. The second kappa shape index (κ2) is 6.17. The van der Waals surface area contributed by atoms with Gasteiger partial charge in [0.25, 0.3) is 0 Å². The molecule has 0 spiro atoms. The fraction of sp³-hybridized carbons (Fsp3) is 0.429. The fourth-order valence-electron chi connectivity index (χ4n) is 2.33. The van der Waals surface area contributed by atoms with Gasteiger partial charge >= 0.3 is 5.97 Å². The van der Waals surface area contributed by atoms with E-state index in [1.54, 1.807) is 11.8 Å². The lowest BCUT2D eigenvalue weighted by molar-refractivity contribution is -0.141. The van der Waals surface area contributed by atoms with Crippen LogP contribution in [-0.4, -0.2) is 41.0 Å². The number of rotatable bonds is 4. The van der Waals surface area contributed by atoms with Crippen molar-refractivity contribution >= 4 is 17.6 Å². The summed E-state index contributed by atoms with van der Waals surface area (Å²) in [6.45, 7) is 2.41. The van der Waals surface area contributed by atoms with Crippen molar-refractivity contribution in [3.05, 3.63) is 29.8 Å². The molecule has 2 rings (SSSR count). The zero-order chi connectivity index (χ0) is 15.6. The van der Waals surface area contributed by atoms with Crippen LogP contribution in [0.5, 0.6) is 0 Å². The molecule has 1 aliphatic heterocycles. The molecule has 1 saturated heterocycles. The molecule has 2 atom stereocenters. The van der Waals surface area contributed by atoms with Crippen molar-refractivity contribution in [2.24, 2.45) is 5.92 Å². The number of halogens is 2. The largest absolute Gasteiger partial charge is 0.481 e. The first-order valence-corrected chi connectivity index (χ1v) is 6.61. The van der Waals surface area contributed by atoms with Crippen molar-refractivity contribution < 1.29 is 23.5 Å². The van der Waals surface area contributed by atoms with Gasteiger partial charge in [-0.1, -0.05) is 0 Å². The van der Waals surface area contributed by atoms with Gasteiger partial charge in [0.2, 0.25) is 5.91 Å². The molecule has 5 nitrogen and oxygen atoms in total. The first-order valence-electron chi connectivity index (χ1n) is 6.61. The maximum Gasteiger partial charge on any atom is 0.307 e. The Morgan fingerprint density at radius 3 is 2.71 bits per heavy atom. The van der Waals surface area contributed by atoms with Crippen LogP contribution < -0.4 is 5.32 Å². The molecular formula is C14H16F2N2O3. The maximum atomic E-state index is 13.5. The number of carbonyl (C=O) groups is 2. The van der Waals surface area contributed by atoms with E-state index in [1.807, 2.05) is 0 Å². The van der Waals surface area contributed by atoms with Gasteiger partial charge in [0, 0.05) is 12.6 Å². The lowest BCUT2D eigenvalue weighted by atomic mass is 10.1. The van der Waals surface area contributed by atoms with Crippen LogP contribution in [0.1, 0.15) is 13.3 Å². The van der Waals surface area contributed by atoms with Crippen molar-refractivity contribution in [3.63, 3.8) is 0 Å². The summed E-state index contributed by atoms with van der Waals surface area (Å²) in [5.41, 5.74) is -0.0952. The quantitative estimate of drug-likeness (QED) is 0.887. The molecule has 114 valence electrons. The van der Waals surface area contributed by atoms with Gasteiger partial charge in [0.15, 0.2) is 0 Å². The second-order valence-corrected chi connectivity index (χ2v) is 5.11. The van der Waals surface area contributed by atoms with E-state index in [2.05, 4.69) is 5.32 Å². The van der Waals surface area contributed by atoms with Crippen molar-refractivity contribution in [2.75, 3.05) is 18.4 Å². The third-order valence-electron chi connectivity index (χ3n) is 3.69. The first kappa shape index (κ1) is 15.4. The van der Waals surface area contributed by atoms with Crippen LogP contribution >= 0.6 is 0 Å². The summed E-state index contributed by atoms with van der Waals surface area (Å²) in [5, 5.41) is 11.3. The van der Waals surface area contributed by atoms with Gasteiger partial charge in [-0.05, 0) is 32.0 Å². The Kier molecular flexibility index (Phi) is 4.52. The Balaban J connectivity index is 1.98. The Labute approximate surface area is 120 Å². The minimum Gasteiger partial charge on any atom is -0.481 e. The SMILES string of the molecule is CC(C(=O)Nc1ccc(F)cc1F)N1CCC(C(=O)O)C1. The summed E-state index contributed by atoms with van der Waals surface area (Å²) < 4.78 is 26.3. The molecule has 1 aromatic carbocycles. The van der Waals surface area contributed by atoms with Crippen LogP contribution in [0.2, 0.25) is 0 Å². The number of nitrogens with zero attached hydrogens (tertiary/aromatic N) is 1. The molecule has 0 radical (unpaired) electrons. The highest BCUT2D eigenvalue weighted by Gasteiger charge is 2.33. The molecule has 1 amide bonds. The number of hydrogen-bond donors (Lipinski definition) is 2. The third-order valence-corrected chi connectivity index (χ3v) is 3.69. The predicted octanol–water partition coefficient (Wildman–Crippen LogP) is 1.70. The summed E-state index contributed by atoms with van der Waals surface area (Å²) >= 11 is 0. The highest BCUT2D eigenvalue weighted by molar-refractivity contribution is 5.94. The van der Waals surface area contributed by atoms with Crippen molar-refractivity contribution in [1.29, 1.82) is 0 Å². The molecule has 0 aliphatic carbocycles. The average molecular weight is 298 g/mol. The number of carboxylic acids is 1. The van der Waals surface area contributed by atoms with Gasteiger partial charge in [-0.25, -0.2) is 8.78 Å². The van der Waals surface area contributed by atoms with Crippen LogP contribution in [0.15, 0.2) is 18.2 Å². The lowest BCUT2D eigenvalue weighted by Crippen LogP contribution is -2.41. The summed E-state index contributed by atoms with van der Waals surface area (Å²) in [6.07, 6.45) is 0.484. The van der Waals surface area contributed by atoms with E-state index in [-0.39, 0.29) is 12.2 Å². The fourth-order valence-corrected chi connectivity index (χ4v) is 2.33. The molecule has 2 N–H and O–H groups in total. The molecule has 7 heteroatoms. The number of aliphatic carboxylic acids is 1. The van der Waals surface area contributed by atoms with E-state index in [0.29, 0.717) is 19.0 Å². The Bertz CT molecular complexity index is 565. The second-order valence-electron chi connectivity index (χ2n) is 5.11.